The second-order valence-corrected chi connectivity index (χ2v) is 10.8. The van der Waals surface area contributed by atoms with Gasteiger partial charge >= 0.3 is 0 Å². The Bertz CT molecular complexity index is 1610. The van der Waals surface area contributed by atoms with Crippen LogP contribution in [0.15, 0.2) is 95.9 Å². The van der Waals surface area contributed by atoms with E-state index in [1.165, 1.54) is 18.2 Å². The van der Waals surface area contributed by atoms with Crippen molar-refractivity contribution in [2.75, 3.05) is 10.0 Å². The number of carbonyl (C=O) groups is 2. The average Bonchev–Trinajstić information content (AvgIpc) is 2.90. The second-order valence-electron chi connectivity index (χ2n) is 8.74. The number of carbonyl (C=O) groups excluding carboxylic acids is 2. The van der Waals surface area contributed by atoms with Crippen molar-refractivity contribution < 1.29 is 18.0 Å². The monoisotopic (exact) mass is 547 g/mol. The van der Waals surface area contributed by atoms with Crippen molar-refractivity contribution in [3.63, 3.8) is 0 Å². The zero-order chi connectivity index (χ0) is 27.3. The quantitative estimate of drug-likeness (QED) is 0.254. The number of halogens is 1. The first-order valence-electron chi connectivity index (χ1n) is 11.8. The van der Waals surface area contributed by atoms with Crippen LogP contribution in [0.1, 0.15) is 37.4 Å². The summed E-state index contributed by atoms with van der Waals surface area (Å²) in [5.74, 6) is -0.949. The standard InChI is InChI=1S/C29H26ClN3O4S/c1-19-12-13-20(2)26(16-19)33-38(36,37)27-17-22(14-15-24(27)30)28(34)32-25-11-7-6-10-23(25)29(35)31-18-21-8-4-3-5-9-21/h3-17,33H,18H2,1-2H3,(H,31,35)(H,32,34). The number of amides is 2. The summed E-state index contributed by atoms with van der Waals surface area (Å²) >= 11 is 6.23. The Morgan fingerprint density at radius 2 is 1.50 bits per heavy atom. The van der Waals surface area contributed by atoms with E-state index in [9.17, 15) is 18.0 Å². The largest absolute Gasteiger partial charge is 0.348 e. The van der Waals surface area contributed by atoms with E-state index in [-0.39, 0.29) is 32.6 Å². The van der Waals surface area contributed by atoms with Gasteiger partial charge in [0.2, 0.25) is 0 Å². The molecule has 0 aromatic heterocycles. The van der Waals surface area contributed by atoms with Gasteiger partial charge in [-0.1, -0.05) is 66.2 Å². The summed E-state index contributed by atoms with van der Waals surface area (Å²) in [5, 5.41) is 5.53. The molecule has 38 heavy (non-hydrogen) atoms. The van der Waals surface area contributed by atoms with Crippen molar-refractivity contribution in [2.45, 2.75) is 25.3 Å². The lowest BCUT2D eigenvalue weighted by Crippen LogP contribution is -2.25. The van der Waals surface area contributed by atoms with Crippen molar-refractivity contribution in [3.8, 4) is 0 Å². The van der Waals surface area contributed by atoms with Crippen LogP contribution < -0.4 is 15.4 Å². The van der Waals surface area contributed by atoms with E-state index < -0.39 is 15.9 Å². The van der Waals surface area contributed by atoms with Gasteiger partial charge in [-0.2, -0.15) is 0 Å². The zero-order valence-corrected chi connectivity index (χ0v) is 22.4. The molecular formula is C29H26ClN3O4S. The molecule has 4 aromatic carbocycles. The van der Waals surface area contributed by atoms with Crippen LogP contribution in [-0.2, 0) is 16.6 Å². The number of hydrogen-bond donors (Lipinski definition) is 3. The minimum atomic E-state index is -4.09. The molecule has 4 aromatic rings. The fraction of sp³-hybridized carbons (Fsp3) is 0.103. The highest BCUT2D eigenvalue weighted by Crippen LogP contribution is 2.27. The van der Waals surface area contributed by atoms with E-state index in [1.807, 2.05) is 49.4 Å². The highest BCUT2D eigenvalue weighted by Gasteiger charge is 2.22. The number of benzene rings is 4. The molecule has 4 rings (SSSR count). The molecule has 0 spiro atoms. The van der Waals surface area contributed by atoms with E-state index in [2.05, 4.69) is 15.4 Å². The van der Waals surface area contributed by atoms with Crippen LogP contribution in [0.4, 0.5) is 11.4 Å². The van der Waals surface area contributed by atoms with Crippen LogP contribution >= 0.6 is 11.6 Å². The first-order chi connectivity index (χ1) is 18.1. The maximum atomic E-state index is 13.2. The summed E-state index contributed by atoms with van der Waals surface area (Å²) in [7, 11) is -4.09. The summed E-state index contributed by atoms with van der Waals surface area (Å²) in [6.07, 6.45) is 0. The number of nitrogens with one attached hydrogen (secondary N) is 3. The topological polar surface area (TPSA) is 104 Å². The Hall–Kier alpha value is -4.14. The van der Waals surface area contributed by atoms with Crippen LogP contribution in [0.25, 0.3) is 0 Å². The van der Waals surface area contributed by atoms with Crippen molar-refractivity contribution in [2.24, 2.45) is 0 Å². The molecule has 0 aliphatic heterocycles. The van der Waals surface area contributed by atoms with Crippen LogP contribution in [0.2, 0.25) is 5.02 Å². The van der Waals surface area contributed by atoms with Crippen LogP contribution in [0.5, 0.6) is 0 Å². The molecule has 0 aliphatic carbocycles. The Morgan fingerprint density at radius 3 is 2.26 bits per heavy atom. The SMILES string of the molecule is Cc1ccc(C)c(NS(=O)(=O)c2cc(C(=O)Nc3ccccc3C(=O)NCc3ccccc3)ccc2Cl)c1. The molecule has 0 saturated heterocycles. The maximum Gasteiger partial charge on any atom is 0.263 e. The van der Waals surface area contributed by atoms with Gasteiger partial charge in [-0.25, -0.2) is 8.42 Å². The number of sulfonamides is 1. The van der Waals surface area contributed by atoms with Gasteiger partial charge < -0.3 is 10.6 Å². The van der Waals surface area contributed by atoms with Crippen molar-refractivity contribution in [1.29, 1.82) is 0 Å². The molecule has 0 radical (unpaired) electrons. The van der Waals surface area contributed by atoms with Crippen molar-refractivity contribution in [1.82, 2.24) is 5.32 Å². The van der Waals surface area contributed by atoms with Gasteiger partial charge in [-0.3, -0.25) is 14.3 Å². The Kier molecular flexibility index (Phi) is 8.14. The maximum absolute atomic E-state index is 13.2. The molecular weight excluding hydrogens is 522 g/mol. The van der Waals surface area contributed by atoms with Crippen molar-refractivity contribution in [3.05, 3.63) is 124 Å². The Morgan fingerprint density at radius 1 is 0.789 bits per heavy atom. The first-order valence-corrected chi connectivity index (χ1v) is 13.6. The molecule has 194 valence electrons. The van der Waals surface area contributed by atoms with E-state index in [0.717, 1.165) is 16.7 Å². The van der Waals surface area contributed by atoms with Crippen LogP contribution in [-0.4, -0.2) is 20.2 Å². The molecule has 0 unspecified atom stereocenters. The smallest absolute Gasteiger partial charge is 0.263 e. The van der Waals surface area contributed by atoms with E-state index in [0.29, 0.717) is 12.2 Å². The predicted octanol–water partition coefficient (Wildman–Crippen LogP) is 5.94. The lowest BCUT2D eigenvalue weighted by Gasteiger charge is -2.14. The third kappa shape index (κ3) is 6.40. The minimum absolute atomic E-state index is 0.0277. The summed E-state index contributed by atoms with van der Waals surface area (Å²) in [4.78, 5) is 25.7. The summed E-state index contributed by atoms with van der Waals surface area (Å²) in [6.45, 7) is 3.97. The molecule has 0 aliphatic rings. The average molecular weight is 548 g/mol. The molecule has 2 amide bonds. The van der Waals surface area contributed by atoms with Gasteiger partial charge in [0.25, 0.3) is 21.8 Å². The van der Waals surface area contributed by atoms with Gasteiger partial charge in [0, 0.05) is 12.1 Å². The summed E-state index contributed by atoms with van der Waals surface area (Å²) < 4.78 is 28.9. The number of rotatable bonds is 8. The fourth-order valence-corrected chi connectivity index (χ4v) is 5.40. The number of anilines is 2. The molecule has 9 heteroatoms. The van der Waals surface area contributed by atoms with E-state index in [1.54, 1.807) is 37.3 Å². The molecule has 0 bridgehead atoms. The molecule has 7 nitrogen and oxygen atoms in total. The second kappa shape index (κ2) is 11.5. The summed E-state index contributed by atoms with van der Waals surface area (Å²) in [6, 6.07) is 25.4. The molecule has 0 heterocycles. The minimum Gasteiger partial charge on any atom is -0.348 e. The number of hydrogen-bond acceptors (Lipinski definition) is 4. The van der Waals surface area contributed by atoms with Crippen molar-refractivity contribution >= 4 is 44.8 Å². The molecule has 0 atom stereocenters. The highest BCUT2D eigenvalue weighted by atomic mass is 35.5. The molecule has 3 N–H and O–H groups in total. The van der Waals surface area contributed by atoms with Gasteiger partial charge in [-0.05, 0) is 66.9 Å². The molecule has 0 saturated carbocycles. The van der Waals surface area contributed by atoms with E-state index >= 15 is 0 Å². The van der Waals surface area contributed by atoms with Gasteiger partial charge in [0.15, 0.2) is 0 Å². The van der Waals surface area contributed by atoms with Crippen LogP contribution in [0.3, 0.4) is 0 Å². The number of aryl methyl sites for hydroxylation is 2. The third-order valence-electron chi connectivity index (χ3n) is 5.84. The first kappa shape index (κ1) is 26.9. The van der Waals surface area contributed by atoms with Gasteiger partial charge in [-0.15, -0.1) is 0 Å². The van der Waals surface area contributed by atoms with E-state index in [4.69, 9.17) is 11.6 Å². The lowest BCUT2D eigenvalue weighted by molar-refractivity contribution is 0.0951. The Balaban J connectivity index is 1.54. The van der Waals surface area contributed by atoms with Gasteiger partial charge in [0.1, 0.15) is 4.90 Å². The Labute approximate surface area is 226 Å². The lowest BCUT2D eigenvalue weighted by atomic mass is 10.1. The molecule has 0 fully saturated rings. The third-order valence-corrected chi connectivity index (χ3v) is 7.68. The van der Waals surface area contributed by atoms with Gasteiger partial charge in [0.05, 0.1) is 22.0 Å². The predicted molar refractivity (Wildman–Crippen MR) is 150 cm³/mol. The zero-order valence-electron chi connectivity index (χ0n) is 20.8. The van der Waals surface area contributed by atoms with Crippen LogP contribution in [0, 0.1) is 13.8 Å². The normalized spacial score (nSPS) is 11.0. The fourth-order valence-electron chi connectivity index (χ4n) is 3.75. The number of para-hydroxylation sites is 1. The highest BCUT2D eigenvalue weighted by molar-refractivity contribution is 7.92. The summed E-state index contributed by atoms with van der Waals surface area (Å²) in [5.41, 5.74) is 3.62.